The van der Waals surface area contributed by atoms with E-state index in [0.717, 1.165) is 0 Å². The molecule has 0 bridgehead atoms. The quantitative estimate of drug-likeness (QED) is 0.185. The molecule has 2 heterocycles. The molecule has 0 unspecified atom stereocenters. The summed E-state index contributed by atoms with van der Waals surface area (Å²) in [6.45, 7) is 1.93. The fraction of sp³-hybridized carbons (Fsp3) is 0.100. The minimum Gasteiger partial charge on any atom is -0.462 e. The highest BCUT2D eigenvalue weighted by Crippen LogP contribution is 2.29. The molecule has 0 atom stereocenters. The number of nitrogens with one attached hydrogen (secondary N) is 1. The fourth-order valence-electron chi connectivity index (χ4n) is 2.94. The van der Waals surface area contributed by atoms with Gasteiger partial charge in [-0.15, -0.1) is 0 Å². The summed E-state index contributed by atoms with van der Waals surface area (Å²) < 4.78 is 9.89. The third kappa shape index (κ3) is 4.18. The fourth-order valence-corrected chi connectivity index (χ4v) is 3.23. The molecule has 12 heteroatoms. The molecule has 3 N–H and O–H groups in total. The summed E-state index contributed by atoms with van der Waals surface area (Å²) in [7, 11) is 0. The van der Waals surface area contributed by atoms with E-state index in [9.17, 15) is 4.79 Å². The van der Waals surface area contributed by atoms with E-state index in [1.807, 2.05) is 0 Å². The summed E-state index contributed by atoms with van der Waals surface area (Å²) in [5.41, 5.74) is 1.91. The number of benzene rings is 2. The number of rotatable bonds is 6. The second-order valence-electron chi connectivity index (χ2n) is 6.33. The van der Waals surface area contributed by atoms with E-state index in [0.29, 0.717) is 21.3 Å². The number of carbonyl (C=O) groups excluding carboxylic acids is 1. The minimum atomic E-state index is -0.527. The summed E-state index contributed by atoms with van der Waals surface area (Å²) in [6.07, 6.45) is 0. The zero-order valence-corrected chi connectivity index (χ0v) is 18.1. The zero-order chi connectivity index (χ0) is 22.7. The lowest BCUT2D eigenvalue weighted by Crippen LogP contribution is -2.18. The van der Waals surface area contributed by atoms with Crippen LogP contribution in [-0.4, -0.2) is 38.6 Å². The molecule has 0 aliphatic carbocycles. The topological polar surface area (TPSA) is 141 Å². The molecule has 0 saturated heterocycles. The van der Waals surface area contributed by atoms with Crippen LogP contribution in [0.4, 0.5) is 11.5 Å². The Kier molecular flexibility index (Phi) is 6.15. The first-order chi connectivity index (χ1) is 15.5. The number of nitrogens with zero attached hydrogens (tertiary/aromatic N) is 5. The normalized spacial score (nSPS) is 11.5. The van der Waals surface area contributed by atoms with Crippen LogP contribution in [0.2, 0.25) is 10.0 Å². The summed E-state index contributed by atoms with van der Waals surface area (Å²) in [4.78, 5) is 21.4. The van der Waals surface area contributed by atoms with E-state index < -0.39 is 5.97 Å². The van der Waals surface area contributed by atoms with Crippen LogP contribution >= 0.6 is 23.2 Å². The maximum Gasteiger partial charge on any atom is 0.338 e. The first kappa shape index (κ1) is 21.5. The molecule has 0 aliphatic rings. The molecule has 0 amide bonds. The highest BCUT2D eigenvalue weighted by molar-refractivity contribution is 6.42. The molecule has 0 fully saturated rings. The summed E-state index contributed by atoms with van der Waals surface area (Å²) in [5, 5.41) is 15.2. The van der Waals surface area contributed by atoms with Gasteiger partial charge in [-0.25, -0.2) is 19.4 Å². The van der Waals surface area contributed by atoms with Gasteiger partial charge in [-0.1, -0.05) is 41.4 Å². The molecule has 0 aliphatic heterocycles. The lowest BCUT2D eigenvalue weighted by Gasteiger charge is -2.14. The van der Waals surface area contributed by atoms with Gasteiger partial charge in [-0.3, -0.25) is 0 Å². The van der Waals surface area contributed by atoms with E-state index in [1.54, 1.807) is 49.4 Å². The van der Waals surface area contributed by atoms with Gasteiger partial charge in [0, 0.05) is 11.3 Å². The highest BCUT2D eigenvalue weighted by atomic mass is 35.5. The predicted octanol–water partition coefficient (Wildman–Crippen LogP) is 3.95. The van der Waals surface area contributed by atoms with E-state index in [1.165, 1.54) is 0 Å². The van der Waals surface area contributed by atoms with E-state index in [4.69, 9.17) is 38.4 Å². The molecule has 0 saturated carbocycles. The first-order valence-corrected chi connectivity index (χ1v) is 10.0. The van der Waals surface area contributed by atoms with Crippen molar-refractivity contribution in [1.29, 1.82) is 0 Å². The molecule has 2 aromatic carbocycles. The van der Waals surface area contributed by atoms with Gasteiger partial charge in [0.15, 0.2) is 5.82 Å². The van der Waals surface area contributed by atoms with Crippen molar-refractivity contribution in [1.82, 2.24) is 20.3 Å². The van der Waals surface area contributed by atoms with Crippen LogP contribution in [0.15, 0.2) is 52.2 Å². The SMILES string of the molecule is CCOC(=O)c1ccccc1C(=NN)c1nc2nonc2nc1Nc1ccc(Cl)c(Cl)c1. The first-order valence-electron chi connectivity index (χ1n) is 9.29. The summed E-state index contributed by atoms with van der Waals surface area (Å²) >= 11 is 12.1. The van der Waals surface area contributed by atoms with Crippen LogP contribution in [0, 0.1) is 0 Å². The number of nitrogens with two attached hydrogens (primary N) is 1. The molecule has 4 rings (SSSR count). The average Bonchev–Trinajstić information content (AvgIpc) is 3.25. The Balaban J connectivity index is 1.86. The molecule has 32 heavy (non-hydrogen) atoms. The minimum absolute atomic E-state index is 0.134. The van der Waals surface area contributed by atoms with Crippen molar-refractivity contribution in [3.05, 3.63) is 69.3 Å². The van der Waals surface area contributed by atoms with Crippen LogP contribution in [-0.2, 0) is 4.74 Å². The Morgan fingerprint density at radius 2 is 1.81 bits per heavy atom. The van der Waals surface area contributed by atoms with Crippen LogP contribution in [0.1, 0.15) is 28.5 Å². The molecule has 2 aromatic heterocycles. The lowest BCUT2D eigenvalue weighted by molar-refractivity contribution is 0.0526. The maximum atomic E-state index is 12.5. The molecule has 162 valence electrons. The molecular formula is C20H15Cl2N7O3. The lowest BCUT2D eigenvalue weighted by atomic mass is 10.0. The summed E-state index contributed by atoms with van der Waals surface area (Å²) in [5.74, 6) is 5.45. The number of hydrogen-bond donors (Lipinski definition) is 2. The molecule has 10 nitrogen and oxygen atoms in total. The molecular weight excluding hydrogens is 457 g/mol. The van der Waals surface area contributed by atoms with Crippen molar-refractivity contribution in [2.45, 2.75) is 6.92 Å². The van der Waals surface area contributed by atoms with Crippen molar-refractivity contribution >= 4 is 57.7 Å². The number of carbonyl (C=O) groups is 1. The molecule has 0 radical (unpaired) electrons. The number of ether oxygens (including phenoxy) is 1. The van der Waals surface area contributed by atoms with Crippen LogP contribution in [0.25, 0.3) is 11.3 Å². The van der Waals surface area contributed by atoms with Gasteiger partial charge in [0.1, 0.15) is 11.4 Å². The second kappa shape index (κ2) is 9.16. The van der Waals surface area contributed by atoms with Crippen molar-refractivity contribution in [2.24, 2.45) is 10.9 Å². The Morgan fingerprint density at radius 3 is 2.50 bits per heavy atom. The van der Waals surface area contributed by atoms with Crippen molar-refractivity contribution in [3.63, 3.8) is 0 Å². The van der Waals surface area contributed by atoms with Crippen molar-refractivity contribution in [3.8, 4) is 0 Å². The number of hydrazone groups is 1. The van der Waals surface area contributed by atoms with Gasteiger partial charge in [0.25, 0.3) is 0 Å². The average molecular weight is 472 g/mol. The Bertz CT molecular complexity index is 1340. The van der Waals surface area contributed by atoms with Crippen LogP contribution in [0.3, 0.4) is 0 Å². The van der Waals surface area contributed by atoms with E-state index in [2.05, 4.69) is 30.7 Å². The van der Waals surface area contributed by atoms with Gasteiger partial charge >= 0.3 is 5.97 Å². The highest BCUT2D eigenvalue weighted by Gasteiger charge is 2.24. The van der Waals surface area contributed by atoms with Crippen molar-refractivity contribution in [2.75, 3.05) is 11.9 Å². The number of aromatic nitrogens is 4. The standard InChI is InChI=1S/C20H15Cl2N7O3/c1-2-31-20(30)12-6-4-3-5-11(12)15(27-23)16-17(26-19-18(25-16)28-32-29-19)24-10-7-8-13(21)14(22)9-10/h3-9H,2,23H2,1H3,(H,24,26,29). The van der Waals surface area contributed by atoms with E-state index >= 15 is 0 Å². The van der Waals surface area contributed by atoms with E-state index in [-0.39, 0.29) is 40.7 Å². The number of halogens is 2. The second-order valence-corrected chi connectivity index (χ2v) is 7.14. The van der Waals surface area contributed by atoms with Gasteiger partial charge in [0.05, 0.1) is 22.2 Å². The predicted molar refractivity (Wildman–Crippen MR) is 119 cm³/mol. The number of anilines is 2. The Morgan fingerprint density at radius 1 is 1.09 bits per heavy atom. The van der Waals surface area contributed by atoms with Gasteiger partial charge in [0.2, 0.25) is 11.3 Å². The number of fused-ring (bicyclic) bond motifs is 1. The Labute approximate surface area is 191 Å². The monoisotopic (exact) mass is 471 g/mol. The zero-order valence-electron chi connectivity index (χ0n) is 16.5. The molecule has 4 aromatic rings. The van der Waals surface area contributed by atoms with Gasteiger partial charge in [-0.2, -0.15) is 5.10 Å². The Hall–Kier alpha value is -3.76. The van der Waals surface area contributed by atoms with Crippen molar-refractivity contribution < 1.29 is 14.2 Å². The third-order valence-electron chi connectivity index (χ3n) is 4.33. The van der Waals surface area contributed by atoms with Gasteiger partial charge in [-0.05, 0) is 41.5 Å². The van der Waals surface area contributed by atoms with Crippen LogP contribution in [0.5, 0.6) is 0 Å². The number of hydrogen-bond acceptors (Lipinski definition) is 10. The van der Waals surface area contributed by atoms with Gasteiger partial charge < -0.3 is 15.9 Å². The van der Waals surface area contributed by atoms with Crippen LogP contribution < -0.4 is 11.2 Å². The number of esters is 1. The third-order valence-corrected chi connectivity index (χ3v) is 5.07. The maximum absolute atomic E-state index is 12.5. The summed E-state index contributed by atoms with van der Waals surface area (Å²) in [6, 6.07) is 11.7. The molecule has 0 spiro atoms. The smallest absolute Gasteiger partial charge is 0.338 e. The largest absolute Gasteiger partial charge is 0.462 e.